The molecule has 1 aromatic carbocycles. The summed E-state index contributed by atoms with van der Waals surface area (Å²) in [5, 5.41) is 0. The van der Waals surface area contributed by atoms with Gasteiger partial charge in [0.25, 0.3) is 0 Å². The van der Waals surface area contributed by atoms with Crippen LogP contribution in [-0.2, 0) is 11.3 Å². The molecule has 0 N–H and O–H groups in total. The molecule has 0 radical (unpaired) electrons. The van der Waals surface area contributed by atoms with Crippen molar-refractivity contribution in [3.63, 3.8) is 0 Å². The average Bonchev–Trinajstić information content (AvgIpc) is 2.57. The number of nitrogens with zero attached hydrogens (tertiary/aromatic N) is 2. The van der Waals surface area contributed by atoms with Crippen LogP contribution in [0.15, 0.2) is 24.3 Å². The largest absolute Gasteiger partial charge is 0.340 e. The molecule has 1 saturated carbocycles. The Labute approximate surface area is 138 Å². The van der Waals surface area contributed by atoms with Crippen LogP contribution < -0.4 is 0 Å². The number of carbonyl (C=O) groups is 1. The minimum atomic E-state index is -0.278. The van der Waals surface area contributed by atoms with Crippen LogP contribution >= 0.6 is 0 Å². The molecule has 0 aromatic heterocycles. The van der Waals surface area contributed by atoms with E-state index in [1.807, 2.05) is 0 Å². The topological polar surface area (TPSA) is 23.6 Å². The van der Waals surface area contributed by atoms with Gasteiger partial charge >= 0.3 is 0 Å². The smallest absolute Gasteiger partial charge is 0.236 e. The molecule has 3 nitrogen and oxygen atoms in total. The highest BCUT2D eigenvalue weighted by Crippen LogP contribution is 2.22. The van der Waals surface area contributed by atoms with E-state index < -0.39 is 0 Å². The first-order chi connectivity index (χ1) is 11.1. The predicted octanol–water partition coefficient (Wildman–Crippen LogP) is 3.05. The Hall–Kier alpha value is -1.86. The van der Waals surface area contributed by atoms with Gasteiger partial charge in [0.1, 0.15) is 5.82 Å². The van der Waals surface area contributed by atoms with Gasteiger partial charge in [-0.15, -0.1) is 6.42 Å². The quantitative estimate of drug-likeness (QED) is 0.753. The van der Waals surface area contributed by atoms with Crippen LogP contribution in [0.2, 0.25) is 0 Å². The van der Waals surface area contributed by atoms with Gasteiger partial charge in [-0.05, 0) is 18.9 Å². The molecule has 1 aliphatic carbocycles. The summed E-state index contributed by atoms with van der Waals surface area (Å²) in [5.41, 5.74) is 0.532. The van der Waals surface area contributed by atoms with Crippen LogP contribution in [-0.4, -0.2) is 41.9 Å². The number of halogens is 1. The minimum absolute atomic E-state index is 0.0194. The van der Waals surface area contributed by atoms with Gasteiger partial charge < -0.3 is 4.90 Å². The molecule has 4 heteroatoms. The third kappa shape index (κ3) is 5.07. The maximum absolute atomic E-state index is 13.7. The van der Waals surface area contributed by atoms with E-state index in [0.29, 0.717) is 24.7 Å². The lowest BCUT2D eigenvalue weighted by Crippen LogP contribution is -2.44. The van der Waals surface area contributed by atoms with Gasteiger partial charge in [0, 0.05) is 25.2 Å². The second-order valence-electron chi connectivity index (χ2n) is 6.24. The van der Waals surface area contributed by atoms with Crippen molar-refractivity contribution in [1.29, 1.82) is 0 Å². The molecule has 1 fully saturated rings. The number of carbonyl (C=O) groups excluding carboxylic acids is 1. The summed E-state index contributed by atoms with van der Waals surface area (Å²) in [6.45, 7) is 1.07. The van der Waals surface area contributed by atoms with Crippen molar-refractivity contribution in [2.45, 2.75) is 44.7 Å². The number of rotatable bonds is 6. The van der Waals surface area contributed by atoms with Crippen molar-refractivity contribution < 1.29 is 9.18 Å². The van der Waals surface area contributed by atoms with Crippen molar-refractivity contribution in [2.75, 3.05) is 20.1 Å². The normalized spacial score (nSPS) is 15.4. The number of hydrogen-bond donors (Lipinski definition) is 0. The molecular weight excluding hydrogens is 291 g/mol. The number of likely N-dealkylation sites (N-methyl/N-ethyl adjacent to an activating group) is 1. The van der Waals surface area contributed by atoms with E-state index in [9.17, 15) is 9.18 Å². The molecule has 23 heavy (non-hydrogen) atoms. The number of hydrogen-bond acceptors (Lipinski definition) is 2. The second-order valence-corrected chi connectivity index (χ2v) is 6.24. The number of amides is 1. The zero-order chi connectivity index (χ0) is 16.7. The lowest BCUT2D eigenvalue weighted by molar-refractivity contribution is -0.132. The van der Waals surface area contributed by atoms with Crippen LogP contribution in [0, 0.1) is 18.2 Å². The molecule has 0 unspecified atom stereocenters. The fraction of sp³-hybridized carbons (Fsp3) is 0.526. The molecule has 0 aliphatic heterocycles. The molecule has 0 bridgehead atoms. The lowest BCUT2D eigenvalue weighted by atomic mass is 9.94. The van der Waals surface area contributed by atoms with Crippen molar-refractivity contribution in [3.05, 3.63) is 35.6 Å². The van der Waals surface area contributed by atoms with Crippen LogP contribution in [0.3, 0.4) is 0 Å². The molecule has 0 spiro atoms. The first-order valence-corrected chi connectivity index (χ1v) is 8.26. The molecule has 0 heterocycles. The van der Waals surface area contributed by atoms with Gasteiger partial charge in [0.2, 0.25) is 5.91 Å². The Morgan fingerprint density at radius 3 is 2.65 bits per heavy atom. The summed E-state index contributed by atoms with van der Waals surface area (Å²) >= 11 is 0. The SMILES string of the molecule is C#CCN(CC(=O)N(C)Cc1ccccc1F)C1CCCCC1. The van der Waals surface area contributed by atoms with E-state index in [1.54, 1.807) is 30.1 Å². The molecule has 1 aliphatic rings. The predicted molar refractivity (Wildman–Crippen MR) is 90.2 cm³/mol. The number of terminal acetylenes is 1. The molecule has 124 valence electrons. The lowest BCUT2D eigenvalue weighted by Gasteiger charge is -2.33. The summed E-state index contributed by atoms with van der Waals surface area (Å²) in [7, 11) is 1.71. The first kappa shape index (κ1) is 17.5. The first-order valence-electron chi connectivity index (χ1n) is 8.26. The molecular formula is C19H25FN2O. The second kappa shape index (κ2) is 8.69. The van der Waals surface area contributed by atoms with Gasteiger partial charge in [0.05, 0.1) is 13.1 Å². The highest BCUT2D eigenvalue weighted by molar-refractivity contribution is 5.78. The molecule has 0 saturated heterocycles. The molecule has 1 amide bonds. The molecule has 1 aromatic rings. The van der Waals surface area contributed by atoms with E-state index in [4.69, 9.17) is 6.42 Å². The monoisotopic (exact) mass is 316 g/mol. The van der Waals surface area contributed by atoms with E-state index in [0.717, 1.165) is 12.8 Å². The fourth-order valence-corrected chi connectivity index (χ4v) is 3.14. The summed E-state index contributed by atoms with van der Waals surface area (Å²) in [6.07, 6.45) is 11.3. The molecule has 2 rings (SSSR count). The van der Waals surface area contributed by atoms with E-state index >= 15 is 0 Å². The highest BCUT2D eigenvalue weighted by atomic mass is 19.1. The van der Waals surface area contributed by atoms with Crippen molar-refractivity contribution >= 4 is 5.91 Å². The Balaban J connectivity index is 1.94. The third-order valence-corrected chi connectivity index (χ3v) is 4.51. The highest BCUT2D eigenvalue weighted by Gasteiger charge is 2.23. The standard InChI is InChI=1S/C19H25FN2O/c1-3-13-22(17-10-5-4-6-11-17)15-19(23)21(2)14-16-9-7-8-12-18(16)20/h1,7-9,12,17H,4-6,10-11,13-15H2,2H3. The van der Waals surface area contributed by atoms with Crippen LogP contribution in [0.25, 0.3) is 0 Å². The van der Waals surface area contributed by atoms with Crippen molar-refractivity contribution in [3.8, 4) is 12.3 Å². The summed E-state index contributed by atoms with van der Waals surface area (Å²) in [6, 6.07) is 6.95. The third-order valence-electron chi connectivity index (χ3n) is 4.51. The van der Waals surface area contributed by atoms with Gasteiger partial charge in [-0.1, -0.05) is 43.4 Å². The zero-order valence-electron chi connectivity index (χ0n) is 13.8. The maximum atomic E-state index is 13.7. The van der Waals surface area contributed by atoms with Crippen molar-refractivity contribution in [1.82, 2.24) is 9.80 Å². The summed E-state index contributed by atoms with van der Waals surface area (Å²) in [4.78, 5) is 16.2. The van der Waals surface area contributed by atoms with E-state index in [1.165, 1.54) is 25.3 Å². The van der Waals surface area contributed by atoms with Crippen LogP contribution in [0.5, 0.6) is 0 Å². The van der Waals surface area contributed by atoms with E-state index in [-0.39, 0.29) is 18.3 Å². The number of benzene rings is 1. The summed E-state index contributed by atoms with van der Waals surface area (Å²) in [5.74, 6) is 2.37. The maximum Gasteiger partial charge on any atom is 0.236 e. The fourth-order valence-electron chi connectivity index (χ4n) is 3.14. The van der Waals surface area contributed by atoms with E-state index in [2.05, 4.69) is 10.8 Å². The van der Waals surface area contributed by atoms with Gasteiger partial charge in [-0.2, -0.15) is 0 Å². The van der Waals surface area contributed by atoms with Crippen molar-refractivity contribution in [2.24, 2.45) is 0 Å². The van der Waals surface area contributed by atoms with Gasteiger partial charge in [-0.3, -0.25) is 9.69 Å². The summed E-state index contributed by atoms with van der Waals surface area (Å²) < 4.78 is 13.7. The Morgan fingerprint density at radius 1 is 1.30 bits per heavy atom. The Morgan fingerprint density at radius 2 is 2.00 bits per heavy atom. The zero-order valence-corrected chi connectivity index (χ0v) is 13.8. The van der Waals surface area contributed by atoms with Crippen LogP contribution in [0.4, 0.5) is 4.39 Å². The van der Waals surface area contributed by atoms with Crippen LogP contribution in [0.1, 0.15) is 37.7 Å². The van der Waals surface area contributed by atoms with Gasteiger partial charge in [0.15, 0.2) is 0 Å². The average molecular weight is 316 g/mol. The minimum Gasteiger partial charge on any atom is -0.340 e. The Bertz CT molecular complexity index is 561. The van der Waals surface area contributed by atoms with Gasteiger partial charge in [-0.25, -0.2) is 4.39 Å². The molecule has 0 atom stereocenters. The Kier molecular flexibility index (Phi) is 6.61.